The molecule has 0 saturated heterocycles. The zero-order valence-corrected chi connectivity index (χ0v) is 13.4. The smallest absolute Gasteiger partial charge is 0.119 e. The lowest BCUT2D eigenvalue weighted by Gasteiger charge is -2.41. The molecular formula is C17H28N2O2. The molecule has 0 spiro atoms. The number of nitrogens with one attached hydrogen (secondary N) is 1. The average molecular weight is 292 g/mol. The van der Waals surface area contributed by atoms with Gasteiger partial charge in [0, 0.05) is 24.7 Å². The topological polar surface area (TPSA) is 67.5 Å². The Bertz CT molecular complexity index is 478. The molecule has 0 aliphatic heterocycles. The Morgan fingerprint density at radius 2 is 2.14 bits per heavy atom. The molecule has 3 atom stereocenters. The van der Waals surface area contributed by atoms with Crippen molar-refractivity contribution in [2.45, 2.75) is 44.7 Å². The fourth-order valence-electron chi connectivity index (χ4n) is 3.10. The number of nitrogens with two attached hydrogens (primary N) is 1. The van der Waals surface area contributed by atoms with Crippen molar-refractivity contribution in [2.75, 3.05) is 20.3 Å². The van der Waals surface area contributed by atoms with E-state index in [1.807, 2.05) is 6.07 Å². The zero-order valence-electron chi connectivity index (χ0n) is 13.4. The molecule has 0 amide bonds. The van der Waals surface area contributed by atoms with Crippen LogP contribution in [0.1, 0.15) is 31.4 Å². The van der Waals surface area contributed by atoms with Crippen LogP contribution in [0, 0.1) is 5.92 Å². The van der Waals surface area contributed by atoms with E-state index in [0.717, 1.165) is 25.0 Å². The molecule has 1 aliphatic rings. The SMILES string of the molecule is COc1ccc2c(c1)CC(CN)(NC(C)C(C)CO)CC2. The predicted molar refractivity (Wildman–Crippen MR) is 85.7 cm³/mol. The highest BCUT2D eigenvalue weighted by molar-refractivity contribution is 5.39. The Morgan fingerprint density at radius 1 is 1.38 bits per heavy atom. The van der Waals surface area contributed by atoms with E-state index in [9.17, 15) is 5.11 Å². The van der Waals surface area contributed by atoms with Crippen LogP contribution in [0.3, 0.4) is 0 Å². The summed E-state index contributed by atoms with van der Waals surface area (Å²) in [6, 6.07) is 6.55. The van der Waals surface area contributed by atoms with Crippen molar-refractivity contribution >= 4 is 0 Å². The maximum atomic E-state index is 9.33. The van der Waals surface area contributed by atoms with Crippen molar-refractivity contribution < 1.29 is 9.84 Å². The van der Waals surface area contributed by atoms with Crippen LogP contribution in [-0.2, 0) is 12.8 Å². The number of aliphatic hydroxyl groups is 1. The van der Waals surface area contributed by atoms with Gasteiger partial charge in [-0.15, -0.1) is 0 Å². The minimum absolute atomic E-state index is 0.0811. The summed E-state index contributed by atoms with van der Waals surface area (Å²) < 4.78 is 5.33. The van der Waals surface area contributed by atoms with E-state index >= 15 is 0 Å². The maximum Gasteiger partial charge on any atom is 0.119 e. The van der Waals surface area contributed by atoms with Gasteiger partial charge in [-0.05, 0) is 55.4 Å². The Kier molecular flexibility index (Phi) is 5.25. The van der Waals surface area contributed by atoms with Gasteiger partial charge in [0.15, 0.2) is 0 Å². The molecule has 0 fully saturated rings. The van der Waals surface area contributed by atoms with E-state index in [1.54, 1.807) is 7.11 Å². The fourth-order valence-corrected chi connectivity index (χ4v) is 3.10. The second-order valence-corrected chi connectivity index (χ2v) is 6.39. The molecule has 1 aromatic carbocycles. The molecule has 0 heterocycles. The number of aryl methyl sites for hydroxylation is 1. The number of rotatable bonds is 6. The summed E-state index contributed by atoms with van der Waals surface area (Å²) in [6.07, 6.45) is 2.98. The van der Waals surface area contributed by atoms with Gasteiger partial charge in [-0.1, -0.05) is 13.0 Å². The Hall–Kier alpha value is -1.10. The molecule has 0 saturated carbocycles. The summed E-state index contributed by atoms with van der Waals surface area (Å²) in [4.78, 5) is 0. The number of ether oxygens (including phenoxy) is 1. The van der Waals surface area contributed by atoms with E-state index < -0.39 is 0 Å². The number of aliphatic hydroxyl groups excluding tert-OH is 1. The molecule has 0 aromatic heterocycles. The minimum atomic E-state index is -0.0811. The number of hydrogen-bond donors (Lipinski definition) is 3. The number of benzene rings is 1. The first-order valence-electron chi connectivity index (χ1n) is 7.78. The molecule has 1 aromatic rings. The summed E-state index contributed by atoms with van der Waals surface area (Å²) >= 11 is 0. The monoisotopic (exact) mass is 292 g/mol. The highest BCUT2D eigenvalue weighted by atomic mass is 16.5. The number of hydrogen-bond acceptors (Lipinski definition) is 4. The maximum absolute atomic E-state index is 9.33. The Balaban J connectivity index is 2.18. The van der Waals surface area contributed by atoms with Gasteiger partial charge in [0.05, 0.1) is 7.11 Å². The van der Waals surface area contributed by atoms with Crippen LogP contribution in [0.15, 0.2) is 18.2 Å². The van der Waals surface area contributed by atoms with Crippen molar-refractivity contribution in [1.29, 1.82) is 0 Å². The van der Waals surface area contributed by atoms with E-state index in [0.29, 0.717) is 6.54 Å². The van der Waals surface area contributed by atoms with Gasteiger partial charge in [0.25, 0.3) is 0 Å². The largest absolute Gasteiger partial charge is 0.497 e. The van der Waals surface area contributed by atoms with Gasteiger partial charge in [-0.3, -0.25) is 0 Å². The van der Waals surface area contributed by atoms with Crippen molar-refractivity contribution in [3.63, 3.8) is 0 Å². The van der Waals surface area contributed by atoms with Gasteiger partial charge < -0.3 is 20.9 Å². The average Bonchev–Trinajstić information content (AvgIpc) is 2.53. The molecular weight excluding hydrogens is 264 g/mol. The molecule has 0 bridgehead atoms. The highest BCUT2D eigenvalue weighted by Crippen LogP contribution is 2.31. The zero-order chi connectivity index (χ0) is 15.5. The van der Waals surface area contributed by atoms with E-state index in [-0.39, 0.29) is 24.1 Å². The lowest BCUT2D eigenvalue weighted by Crippen LogP contribution is -2.59. The summed E-state index contributed by atoms with van der Waals surface area (Å²) in [6.45, 7) is 4.98. The quantitative estimate of drug-likeness (QED) is 0.743. The number of methoxy groups -OCH3 is 1. The van der Waals surface area contributed by atoms with Gasteiger partial charge in [0.2, 0.25) is 0 Å². The van der Waals surface area contributed by atoms with Gasteiger partial charge in [-0.25, -0.2) is 0 Å². The highest BCUT2D eigenvalue weighted by Gasteiger charge is 2.35. The van der Waals surface area contributed by atoms with Crippen LogP contribution in [0.5, 0.6) is 5.75 Å². The summed E-state index contributed by atoms with van der Waals surface area (Å²) in [5.41, 5.74) is 8.73. The van der Waals surface area contributed by atoms with Crippen molar-refractivity contribution in [3.8, 4) is 5.75 Å². The molecule has 118 valence electrons. The van der Waals surface area contributed by atoms with Crippen LogP contribution in [0.25, 0.3) is 0 Å². The van der Waals surface area contributed by atoms with Crippen molar-refractivity contribution in [1.82, 2.24) is 5.32 Å². The standard InChI is InChI=1S/C17H28N2O2/c1-12(10-20)13(2)19-17(11-18)7-6-14-4-5-16(21-3)8-15(14)9-17/h4-5,8,12-13,19-20H,6-7,9-11,18H2,1-3H3. The minimum Gasteiger partial charge on any atom is -0.497 e. The third-order valence-corrected chi connectivity index (χ3v) is 4.88. The fraction of sp³-hybridized carbons (Fsp3) is 0.647. The molecule has 1 aliphatic carbocycles. The third-order valence-electron chi connectivity index (χ3n) is 4.88. The van der Waals surface area contributed by atoms with Gasteiger partial charge in [0.1, 0.15) is 5.75 Å². The lowest BCUT2D eigenvalue weighted by atomic mass is 9.77. The van der Waals surface area contributed by atoms with Gasteiger partial charge >= 0.3 is 0 Å². The molecule has 4 heteroatoms. The normalized spacial score (nSPS) is 24.2. The molecule has 0 radical (unpaired) electrons. The van der Waals surface area contributed by atoms with Crippen molar-refractivity contribution in [3.05, 3.63) is 29.3 Å². The van der Waals surface area contributed by atoms with E-state index in [2.05, 4.69) is 31.3 Å². The second-order valence-electron chi connectivity index (χ2n) is 6.39. The van der Waals surface area contributed by atoms with Crippen molar-refractivity contribution in [2.24, 2.45) is 11.7 Å². The van der Waals surface area contributed by atoms with Crippen LogP contribution in [0.4, 0.5) is 0 Å². The van der Waals surface area contributed by atoms with Crippen LogP contribution in [-0.4, -0.2) is 36.9 Å². The van der Waals surface area contributed by atoms with Crippen LogP contribution >= 0.6 is 0 Å². The number of fused-ring (bicyclic) bond motifs is 1. The Labute approximate surface area is 127 Å². The summed E-state index contributed by atoms with van der Waals surface area (Å²) in [5, 5.41) is 13.0. The summed E-state index contributed by atoms with van der Waals surface area (Å²) in [7, 11) is 1.70. The molecule has 21 heavy (non-hydrogen) atoms. The Morgan fingerprint density at radius 3 is 2.76 bits per heavy atom. The molecule has 2 rings (SSSR count). The first-order valence-corrected chi connectivity index (χ1v) is 7.78. The van der Waals surface area contributed by atoms with Crippen LogP contribution in [0.2, 0.25) is 0 Å². The van der Waals surface area contributed by atoms with E-state index in [1.165, 1.54) is 11.1 Å². The molecule has 4 N–H and O–H groups in total. The first-order chi connectivity index (χ1) is 10.0. The third kappa shape index (κ3) is 3.57. The predicted octanol–water partition coefficient (Wildman–Crippen LogP) is 1.49. The molecule has 3 unspecified atom stereocenters. The first kappa shape index (κ1) is 16.3. The van der Waals surface area contributed by atoms with Gasteiger partial charge in [-0.2, -0.15) is 0 Å². The summed E-state index contributed by atoms with van der Waals surface area (Å²) in [5.74, 6) is 1.12. The second kappa shape index (κ2) is 6.77. The van der Waals surface area contributed by atoms with E-state index in [4.69, 9.17) is 10.5 Å². The molecule has 4 nitrogen and oxygen atoms in total. The van der Waals surface area contributed by atoms with Crippen LogP contribution < -0.4 is 15.8 Å². The lowest BCUT2D eigenvalue weighted by molar-refractivity contribution is 0.172.